The van der Waals surface area contributed by atoms with E-state index in [1.165, 1.54) is 5.69 Å². The molecule has 0 atom stereocenters. The predicted molar refractivity (Wildman–Crippen MR) is 72.0 cm³/mol. The van der Waals surface area contributed by atoms with Crippen LogP contribution >= 0.6 is 15.9 Å². The summed E-state index contributed by atoms with van der Waals surface area (Å²) < 4.78 is 2.10. The maximum Gasteiger partial charge on any atom is 0.0597 e. The van der Waals surface area contributed by atoms with Crippen molar-refractivity contribution in [1.82, 2.24) is 14.7 Å². The normalized spacial score (nSPS) is 11.7. The van der Waals surface area contributed by atoms with Crippen molar-refractivity contribution in [1.29, 1.82) is 0 Å². The minimum atomic E-state index is 0.568. The number of aryl methyl sites for hydroxylation is 2. The smallest absolute Gasteiger partial charge is 0.0597 e. The molecule has 16 heavy (non-hydrogen) atoms. The Kier molecular flexibility index (Phi) is 5.49. The van der Waals surface area contributed by atoms with E-state index < -0.39 is 0 Å². The van der Waals surface area contributed by atoms with Crippen LogP contribution in [0.25, 0.3) is 0 Å². The molecule has 0 spiro atoms. The van der Waals surface area contributed by atoms with Gasteiger partial charge in [-0.3, -0.25) is 9.58 Å². The van der Waals surface area contributed by atoms with Gasteiger partial charge in [0.15, 0.2) is 0 Å². The molecular formula is C12H22BrN3. The van der Waals surface area contributed by atoms with Gasteiger partial charge in [-0.1, -0.05) is 15.9 Å². The van der Waals surface area contributed by atoms with E-state index in [2.05, 4.69) is 64.4 Å². The van der Waals surface area contributed by atoms with Crippen LogP contribution in [0.5, 0.6) is 0 Å². The number of rotatable bonds is 6. The van der Waals surface area contributed by atoms with Gasteiger partial charge in [0.05, 0.1) is 11.4 Å². The van der Waals surface area contributed by atoms with Crippen LogP contribution in [0.2, 0.25) is 0 Å². The van der Waals surface area contributed by atoms with E-state index in [-0.39, 0.29) is 0 Å². The zero-order valence-corrected chi connectivity index (χ0v) is 12.3. The molecule has 0 radical (unpaired) electrons. The zero-order chi connectivity index (χ0) is 12.1. The largest absolute Gasteiger partial charge is 0.294 e. The molecule has 0 unspecified atom stereocenters. The molecule has 92 valence electrons. The van der Waals surface area contributed by atoms with Gasteiger partial charge in [-0.15, -0.1) is 0 Å². The minimum absolute atomic E-state index is 0.568. The second-order valence-corrected chi connectivity index (χ2v) is 5.14. The Morgan fingerprint density at radius 3 is 2.69 bits per heavy atom. The minimum Gasteiger partial charge on any atom is -0.294 e. The third kappa shape index (κ3) is 3.59. The first kappa shape index (κ1) is 13.7. The predicted octanol–water partition coefficient (Wildman–Crippen LogP) is 2.82. The van der Waals surface area contributed by atoms with Gasteiger partial charge >= 0.3 is 0 Å². The second-order valence-electron chi connectivity index (χ2n) is 4.35. The van der Waals surface area contributed by atoms with E-state index in [1.54, 1.807) is 0 Å². The molecule has 3 nitrogen and oxygen atoms in total. The summed E-state index contributed by atoms with van der Waals surface area (Å²) in [7, 11) is 0. The monoisotopic (exact) mass is 287 g/mol. The molecule has 0 aliphatic heterocycles. The highest BCUT2D eigenvalue weighted by molar-refractivity contribution is 9.09. The Morgan fingerprint density at radius 2 is 2.19 bits per heavy atom. The summed E-state index contributed by atoms with van der Waals surface area (Å²) in [6.45, 7) is 11.7. The van der Waals surface area contributed by atoms with Crippen LogP contribution in [0.3, 0.4) is 0 Å². The molecule has 1 aromatic rings. The molecule has 4 heteroatoms. The van der Waals surface area contributed by atoms with Crippen molar-refractivity contribution in [3.8, 4) is 0 Å². The van der Waals surface area contributed by atoms with E-state index in [0.29, 0.717) is 6.04 Å². The average Bonchev–Trinajstić information content (AvgIpc) is 2.58. The summed E-state index contributed by atoms with van der Waals surface area (Å²) in [5.74, 6) is 0. The standard InChI is InChI=1S/C12H22BrN3/c1-5-16-12(8-11(4)14-16)9-15(7-6-13)10(2)3/h8,10H,5-7,9H2,1-4H3. The number of aromatic nitrogens is 2. The van der Waals surface area contributed by atoms with Gasteiger partial charge in [-0.2, -0.15) is 5.10 Å². The Labute approximate surface area is 107 Å². The first-order valence-corrected chi connectivity index (χ1v) is 7.04. The van der Waals surface area contributed by atoms with E-state index in [4.69, 9.17) is 0 Å². The van der Waals surface area contributed by atoms with Crippen LogP contribution < -0.4 is 0 Å². The quantitative estimate of drug-likeness (QED) is 0.751. The van der Waals surface area contributed by atoms with Crippen molar-refractivity contribution in [2.75, 3.05) is 11.9 Å². The zero-order valence-electron chi connectivity index (χ0n) is 10.7. The summed E-state index contributed by atoms with van der Waals surface area (Å²) in [5.41, 5.74) is 2.43. The molecule has 1 rings (SSSR count). The topological polar surface area (TPSA) is 21.1 Å². The fourth-order valence-electron chi connectivity index (χ4n) is 1.84. The van der Waals surface area contributed by atoms with Crippen molar-refractivity contribution in [3.05, 3.63) is 17.5 Å². The lowest BCUT2D eigenvalue weighted by molar-refractivity contribution is 0.221. The number of nitrogens with zero attached hydrogens (tertiary/aromatic N) is 3. The molecule has 0 fully saturated rings. The van der Waals surface area contributed by atoms with E-state index in [1.807, 2.05) is 0 Å². The number of alkyl halides is 1. The van der Waals surface area contributed by atoms with Crippen molar-refractivity contribution in [3.63, 3.8) is 0 Å². The van der Waals surface area contributed by atoms with Crippen LogP contribution in [-0.4, -0.2) is 32.6 Å². The lowest BCUT2D eigenvalue weighted by Gasteiger charge is -2.25. The first-order valence-electron chi connectivity index (χ1n) is 5.91. The third-order valence-electron chi connectivity index (χ3n) is 2.75. The first-order chi connectivity index (χ1) is 7.58. The number of hydrogen-bond donors (Lipinski definition) is 0. The van der Waals surface area contributed by atoms with Crippen molar-refractivity contribution in [2.24, 2.45) is 0 Å². The van der Waals surface area contributed by atoms with Crippen LogP contribution in [-0.2, 0) is 13.1 Å². The highest BCUT2D eigenvalue weighted by Gasteiger charge is 2.12. The average molecular weight is 288 g/mol. The second kappa shape index (κ2) is 6.40. The van der Waals surface area contributed by atoms with Gasteiger partial charge in [-0.05, 0) is 33.8 Å². The highest BCUT2D eigenvalue weighted by atomic mass is 79.9. The van der Waals surface area contributed by atoms with Crippen molar-refractivity contribution in [2.45, 2.75) is 46.8 Å². The van der Waals surface area contributed by atoms with Crippen molar-refractivity contribution < 1.29 is 0 Å². The maximum absolute atomic E-state index is 4.48. The van der Waals surface area contributed by atoms with Gasteiger partial charge in [-0.25, -0.2) is 0 Å². The van der Waals surface area contributed by atoms with E-state index in [9.17, 15) is 0 Å². The summed E-state index contributed by atoms with van der Waals surface area (Å²) in [6, 6.07) is 2.76. The molecule has 0 amide bonds. The third-order valence-corrected chi connectivity index (χ3v) is 3.11. The molecular weight excluding hydrogens is 266 g/mol. The van der Waals surface area contributed by atoms with Crippen LogP contribution in [0.4, 0.5) is 0 Å². The number of halogens is 1. The fraction of sp³-hybridized carbons (Fsp3) is 0.750. The SMILES string of the molecule is CCn1nc(C)cc1CN(CCBr)C(C)C. The van der Waals surface area contributed by atoms with Gasteiger partial charge in [0.1, 0.15) is 0 Å². The molecule has 1 aromatic heterocycles. The summed E-state index contributed by atoms with van der Waals surface area (Å²) in [5, 5.41) is 5.50. The van der Waals surface area contributed by atoms with Crippen LogP contribution in [0.15, 0.2) is 6.07 Å². The molecule has 0 aliphatic rings. The van der Waals surface area contributed by atoms with Crippen LogP contribution in [0.1, 0.15) is 32.2 Å². The lowest BCUT2D eigenvalue weighted by atomic mass is 10.2. The number of hydrogen-bond acceptors (Lipinski definition) is 2. The molecule has 1 heterocycles. The molecule has 0 aromatic carbocycles. The lowest BCUT2D eigenvalue weighted by Crippen LogP contribution is -2.32. The molecule has 0 saturated heterocycles. The summed E-state index contributed by atoms with van der Waals surface area (Å²) in [4.78, 5) is 2.46. The Hall–Kier alpha value is -0.350. The maximum atomic E-state index is 4.48. The van der Waals surface area contributed by atoms with Crippen LogP contribution in [0, 0.1) is 6.92 Å². The van der Waals surface area contributed by atoms with Gasteiger partial charge < -0.3 is 0 Å². The van der Waals surface area contributed by atoms with Gasteiger partial charge in [0.2, 0.25) is 0 Å². The van der Waals surface area contributed by atoms with Gasteiger partial charge in [0, 0.05) is 31.0 Å². The summed E-state index contributed by atoms with van der Waals surface area (Å²) in [6.07, 6.45) is 0. The fourth-order valence-corrected chi connectivity index (χ4v) is 2.29. The highest BCUT2D eigenvalue weighted by Crippen LogP contribution is 2.10. The Bertz CT molecular complexity index is 320. The Morgan fingerprint density at radius 1 is 1.50 bits per heavy atom. The van der Waals surface area contributed by atoms with E-state index >= 15 is 0 Å². The van der Waals surface area contributed by atoms with Crippen molar-refractivity contribution >= 4 is 15.9 Å². The van der Waals surface area contributed by atoms with Gasteiger partial charge in [0.25, 0.3) is 0 Å². The molecule has 0 N–H and O–H groups in total. The molecule has 0 bridgehead atoms. The molecule has 0 saturated carbocycles. The molecule has 0 aliphatic carbocycles. The van der Waals surface area contributed by atoms with E-state index in [0.717, 1.165) is 30.7 Å². The summed E-state index contributed by atoms with van der Waals surface area (Å²) >= 11 is 3.51. The Balaban J connectivity index is 2.75.